The highest BCUT2D eigenvalue weighted by molar-refractivity contribution is 6.07. The molecule has 0 N–H and O–H groups in total. The molecule has 0 amide bonds. The number of aromatic nitrogens is 2. The van der Waals surface area contributed by atoms with E-state index in [1.807, 2.05) is 12.1 Å². The van der Waals surface area contributed by atoms with E-state index in [2.05, 4.69) is 16.0 Å². The second-order valence-electron chi connectivity index (χ2n) is 6.90. The lowest BCUT2D eigenvalue weighted by molar-refractivity contribution is 0.0796. The Balaban J connectivity index is 1.58. The van der Waals surface area contributed by atoms with Gasteiger partial charge < -0.3 is 4.90 Å². The van der Waals surface area contributed by atoms with Crippen LogP contribution in [-0.4, -0.2) is 34.1 Å². The highest BCUT2D eigenvalue weighted by Crippen LogP contribution is 2.33. The molecule has 0 aliphatic carbocycles. The highest BCUT2D eigenvalue weighted by Gasteiger charge is 2.17. The average molecular weight is 343 g/mol. The summed E-state index contributed by atoms with van der Waals surface area (Å²) in [5.41, 5.74) is 2.28. The molecule has 5 heteroatoms. The monoisotopic (exact) mass is 343 g/mol. The topological polar surface area (TPSA) is 21.1 Å². The SMILES string of the molecule is FC(F)n1c2ccncc2c2ccc(CCCN3CCCCC3)cc21. The Hall–Kier alpha value is -2.01. The van der Waals surface area contributed by atoms with Crippen LogP contribution >= 0.6 is 0 Å². The molecule has 0 radical (unpaired) electrons. The molecule has 2 aromatic heterocycles. The van der Waals surface area contributed by atoms with Crippen LogP contribution in [0, 0.1) is 0 Å². The van der Waals surface area contributed by atoms with Gasteiger partial charge in [-0.1, -0.05) is 18.6 Å². The molecule has 3 nitrogen and oxygen atoms in total. The lowest BCUT2D eigenvalue weighted by atomic mass is 10.1. The summed E-state index contributed by atoms with van der Waals surface area (Å²) >= 11 is 0. The second-order valence-corrected chi connectivity index (χ2v) is 6.90. The molecular weight excluding hydrogens is 320 g/mol. The minimum atomic E-state index is -2.55. The number of hydrogen-bond acceptors (Lipinski definition) is 2. The second kappa shape index (κ2) is 7.08. The van der Waals surface area contributed by atoms with E-state index < -0.39 is 6.55 Å². The molecule has 3 aromatic rings. The lowest BCUT2D eigenvalue weighted by Crippen LogP contribution is -2.30. The number of nitrogens with zero attached hydrogens (tertiary/aromatic N) is 3. The zero-order chi connectivity index (χ0) is 17.2. The van der Waals surface area contributed by atoms with Gasteiger partial charge in [0.25, 0.3) is 0 Å². The van der Waals surface area contributed by atoms with Gasteiger partial charge in [0.05, 0.1) is 11.0 Å². The van der Waals surface area contributed by atoms with Crippen molar-refractivity contribution in [2.75, 3.05) is 19.6 Å². The van der Waals surface area contributed by atoms with Gasteiger partial charge in [0.1, 0.15) is 0 Å². The molecule has 3 heterocycles. The zero-order valence-electron chi connectivity index (χ0n) is 14.3. The first kappa shape index (κ1) is 16.5. The zero-order valence-corrected chi connectivity index (χ0v) is 14.3. The summed E-state index contributed by atoms with van der Waals surface area (Å²) in [7, 11) is 0. The Morgan fingerprint density at radius 1 is 1.00 bits per heavy atom. The summed E-state index contributed by atoms with van der Waals surface area (Å²) in [6.45, 7) is 0.947. The Labute approximate surface area is 146 Å². The van der Waals surface area contributed by atoms with Crippen molar-refractivity contribution in [2.24, 2.45) is 0 Å². The number of halogens is 2. The molecule has 1 aromatic carbocycles. The molecule has 132 valence electrons. The first-order chi connectivity index (χ1) is 12.2. The molecule has 1 fully saturated rings. The Morgan fingerprint density at radius 2 is 1.84 bits per heavy atom. The standard InChI is InChI=1S/C20H23F2N3/c21-20(22)25-18-8-9-23-14-17(18)16-7-6-15(13-19(16)25)5-4-12-24-10-2-1-3-11-24/h6-9,13-14,20H,1-5,10-12H2. The number of piperidine rings is 1. The predicted molar refractivity (Wildman–Crippen MR) is 97.1 cm³/mol. The third-order valence-electron chi connectivity index (χ3n) is 5.25. The van der Waals surface area contributed by atoms with Crippen molar-refractivity contribution in [3.05, 3.63) is 42.2 Å². The van der Waals surface area contributed by atoms with E-state index in [-0.39, 0.29) is 0 Å². The maximum atomic E-state index is 13.6. The molecule has 4 rings (SSSR count). The van der Waals surface area contributed by atoms with E-state index in [4.69, 9.17) is 0 Å². The van der Waals surface area contributed by atoms with Crippen LogP contribution in [0.4, 0.5) is 8.78 Å². The number of benzene rings is 1. The number of likely N-dealkylation sites (tertiary alicyclic amines) is 1. The number of pyridine rings is 1. The predicted octanol–water partition coefficient (Wildman–Crippen LogP) is 5.00. The average Bonchev–Trinajstić information content (AvgIpc) is 2.96. The third-order valence-corrected chi connectivity index (χ3v) is 5.25. The van der Waals surface area contributed by atoms with E-state index in [0.717, 1.165) is 40.3 Å². The van der Waals surface area contributed by atoms with E-state index in [0.29, 0.717) is 11.0 Å². The van der Waals surface area contributed by atoms with E-state index >= 15 is 0 Å². The molecule has 1 saturated heterocycles. The highest BCUT2D eigenvalue weighted by atomic mass is 19.3. The lowest BCUT2D eigenvalue weighted by Gasteiger charge is -2.26. The number of aryl methyl sites for hydroxylation is 1. The molecule has 0 saturated carbocycles. The van der Waals surface area contributed by atoms with Crippen molar-refractivity contribution in [2.45, 2.75) is 38.7 Å². The van der Waals surface area contributed by atoms with Crippen LogP contribution in [0.3, 0.4) is 0 Å². The first-order valence-corrected chi connectivity index (χ1v) is 9.11. The Morgan fingerprint density at radius 3 is 2.64 bits per heavy atom. The van der Waals surface area contributed by atoms with Crippen LogP contribution in [0.25, 0.3) is 21.8 Å². The summed E-state index contributed by atoms with van der Waals surface area (Å²) in [5.74, 6) is 0. The molecule has 25 heavy (non-hydrogen) atoms. The quantitative estimate of drug-likeness (QED) is 0.650. The van der Waals surface area contributed by atoms with Crippen LogP contribution in [0.5, 0.6) is 0 Å². The fourth-order valence-corrected chi connectivity index (χ4v) is 3.99. The first-order valence-electron chi connectivity index (χ1n) is 9.11. The van der Waals surface area contributed by atoms with Crippen molar-refractivity contribution >= 4 is 21.8 Å². The van der Waals surface area contributed by atoms with Gasteiger partial charge in [-0.15, -0.1) is 0 Å². The summed E-state index contributed by atoms with van der Waals surface area (Å²) in [6.07, 6.45) is 9.19. The van der Waals surface area contributed by atoms with Gasteiger partial charge >= 0.3 is 6.55 Å². The number of hydrogen-bond donors (Lipinski definition) is 0. The van der Waals surface area contributed by atoms with Gasteiger partial charge in [0, 0.05) is 23.2 Å². The van der Waals surface area contributed by atoms with E-state index in [1.165, 1.54) is 32.4 Å². The van der Waals surface area contributed by atoms with Crippen molar-refractivity contribution in [1.29, 1.82) is 0 Å². The van der Waals surface area contributed by atoms with Crippen molar-refractivity contribution in [3.8, 4) is 0 Å². The summed E-state index contributed by atoms with van der Waals surface area (Å²) in [4.78, 5) is 6.61. The molecular formula is C20H23F2N3. The van der Waals surface area contributed by atoms with Crippen LogP contribution in [0.2, 0.25) is 0 Å². The molecule has 0 atom stereocenters. The molecule has 0 spiro atoms. The van der Waals surface area contributed by atoms with Gasteiger partial charge in [-0.05, 0) is 63.0 Å². The van der Waals surface area contributed by atoms with E-state index in [1.54, 1.807) is 18.5 Å². The minimum absolute atomic E-state index is 0.547. The van der Waals surface area contributed by atoms with Crippen molar-refractivity contribution < 1.29 is 8.78 Å². The Kier molecular flexibility index (Phi) is 4.66. The van der Waals surface area contributed by atoms with Crippen LogP contribution in [0.1, 0.15) is 37.8 Å². The number of rotatable bonds is 5. The van der Waals surface area contributed by atoms with Gasteiger partial charge in [-0.2, -0.15) is 8.78 Å². The molecule has 1 aliphatic heterocycles. The largest absolute Gasteiger partial charge is 0.319 e. The van der Waals surface area contributed by atoms with E-state index in [9.17, 15) is 8.78 Å². The number of alkyl halides is 2. The maximum absolute atomic E-state index is 13.6. The van der Waals surface area contributed by atoms with Crippen LogP contribution in [0.15, 0.2) is 36.7 Å². The smallest absolute Gasteiger partial charge is 0.303 e. The van der Waals surface area contributed by atoms with Gasteiger partial charge in [-0.3, -0.25) is 9.55 Å². The fourth-order valence-electron chi connectivity index (χ4n) is 3.99. The summed E-state index contributed by atoms with van der Waals surface area (Å²) < 4.78 is 28.4. The third kappa shape index (κ3) is 3.25. The van der Waals surface area contributed by atoms with Crippen LogP contribution in [-0.2, 0) is 6.42 Å². The number of fused-ring (bicyclic) bond motifs is 3. The van der Waals surface area contributed by atoms with Gasteiger partial charge in [0.2, 0.25) is 0 Å². The van der Waals surface area contributed by atoms with Crippen LogP contribution < -0.4 is 0 Å². The van der Waals surface area contributed by atoms with Crippen molar-refractivity contribution in [3.63, 3.8) is 0 Å². The molecule has 0 unspecified atom stereocenters. The molecule has 1 aliphatic rings. The normalized spacial score (nSPS) is 16.3. The summed E-state index contributed by atoms with van der Waals surface area (Å²) in [5, 5.41) is 1.64. The molecule has 0 bridgehead atoms. The van der Waals surface area contributed by atoms with Gasteiger partial charge in [0.15, 0.2) is 0 Å². The fraction of sp³-hybridized carbons (Fsp3) is 0.450. The van der Waals surface area contributed by atoms with Crippen molar-refractivity contribution in [1.82, 2.24) is 14.5 Å². The van der Waals surface area contributed by atoms with Gasteiger partial charge in [-0.25, -0.2) is 0 Å². The summed E-state index contributed by atoms with van der Waals surface area (Å²) in [6, 6.07) is 7.63. The minimum Gasteiger partial charge on any atom is -0.303 e. The maximum Gasteiger partial charge on any atom is 0.319 e. The Bertz CT molecular complexity index is 866.